The summed E-state index contributed by atoms with van der Waals surface area (Å²) in [5.74, 6) is -0.0774. The number of esters is 1. The number of thioether (sulfide) groups is 1. The smallest absolute Gasteiger partial charge is 0.333 e. The maximum Gasteiger partial charge on any atom is 0.333 e. The fraction of sp³-hybridized carbons (Fsp3) is 0.714. The lowest BCUT2D eigenvalue weighted by Crippen LogP contribution is -2.25. The van der Waals surface area contributed by atoms with Crippen LogP contribution in [0.1, 0.15) is 33.1 Å². The second-order valence-electron chi connectivity index (χ2n) is 5.13. The number of amides is 1. The third kappa shape index (κ3) is 6.93. The van der Waals surface area contributed by atoms with E-state index in [9.17, 15) is 19.2 Å². The predicted octanol–water partition coefficient (Wildman–Crippen LogP) is 0.862. The summed E-state index contributed by atoms with van der Waals surface area (Å²) < 4.78 is 4.99. The van der Waals surface area contributed by atoms with E-state index in [2.05, 4.69) is 4.84 Å². The zero-order chi connectivity index (χ0) is 16.5. The first kappa shape index (κ1) is 18.5. The zero-order valence-electron chi connectivity index (χ0n) is 12.8. The molecular formula is C14H21NO6S. The van der Waals surface area contributed by atoms with E-state index in [1.54, 1.807) is 0 Å². The average molecular weight is 331 g/mol. The Balaban J connectivity index is 2.23. The van der Waals surface area contributed by atoms with Crippen LogP contribution in [0.4, 0.5) is 0 Å². The molecule has 2 unspecified atom stereocenters. The number of hydrogen-bond acceptors (Lipinski definition) is 7. The van der Waals surface area contributed by atoms with Crippen molar-refractivity contribution in [2.24, 2.45) is 11.8 Å². The van der Waals surface area contributed by atoms with Gasteiger partial charge < -0.3 is 9.57 Å². The van der Waals surface area contributed by atoms with Crippen molar-refractivity contribution in [2.45, 2.75) is 33.1 Å². The molecule has 1 aliphatic carbocycles. The van der Waals surface area contributed by atoms with Gasteiger partial charge in [-0.1, -0.05) is 0 Å². The fourth-order valence-electron chi connectivity index (χ4n) is 2.18. The van der Waals surface area contributed by atoms with Crippen LogP contribution in [0.25, 0.3) is 0 Å². The van der Waals surface area contributed by atoms with Gasteiger partial charge in [-0.25, -0.2) is 4.79 Å². The molecule has 0 heterocycles. The SMILES string of the molecule is CC(=O)NOC(=O)CCSCC1C(=O)CCC1COC(C)=O. The van der Waals surface area contributed by atoms with E-state index in [1.807, 2.05) is 5.48 Å². The molecule has 1 fully saturated rings. The number of nitrogens with one attached hydrogen (secondary N) is 1. The second kappa shape index (κ2) is 9.45. The van der Waals surface area contributed by atoms with E-state index in [0.29, 0.717) is 17.9 Å². The highest BCUT2D eigenvalue weighted by Gasteiger charge is 2.34. The first-order chi connectivity index (χ1) is 10.4. The minimum Gasteiger partial charge on any atom is -0.466 e. The van der Waals surface area contributed by atoms with Crippen molar-refractivity contribution in [3.63, 3.8) is 0 Å². The summed E-state index contributed by atoms with van der Waals surface area (Å²) in [7, 11) is 0. The summed E-state index contributed by atoms with van der Waals surface area (Å²) in [5.41, 5.74) is 1.97. The number of Topliss-reactive ketones (excluding diaryl/α,β-unsaturated/α-hetero) is 1. The van der Waals surface area contributed by atoms with E-state index in [4.69, 9.17) is 4.74 Å². The van der Waals surface area contributed by atoms with Gasteiger partial charge in [0, 0.05) is 43.6 Å². The number of rotatable bonds is 7. The Bertz CT molecular complexity index is 439. The molecule has 22 heavy (non-hydrogen) atoms. The van der Waals surface area contributed by atoms with Crippen LogP contribution in [0.3, 0.4) is 0 Å². The van der Waals surface area contributed by atoms with Gasteiger partial charge in [-0.05, 0) is 6.42 Å². The molecule has 124 valence electrons. The highest BCUT2D eigenvalue weighted by Crippen LogP contribution is 2.31. The molecule has 1 amide bonds. The average Bonchev–Trinajstić information content (AvgIpc) is 2.79. The van der Waals surface area contributed by atoms with Crippen LogP contribution in [-0.2, 0) is 28.8 Å². The molecule has 1 saturated carbocycles. The molecule has 0 aliphatic heterocycles. The Kier molecular flexibility index (Phi) is 7.94. The number of ether oxygens (including phenoxy) is 1. The Labute approximate surface area is 133 Å². The summed E-state index contributed by atoms with van der Waals surface area (Å²) in [4.78, 5) is 49.0. The molecule has 0 bridgehead atoms. The first-order valence-electron chi connectivity index (χ1n) is 7.10. The highest BCUT2D eigenvalue weighted by atomic mass is 32.2. The van der Waals surface area contributed by atoms with Crippen LogP contribution in [-0.4, -0.2) is 41.7 Å². The number of carbonyl (C=O) groups is 4. The molecule has 0 aromatic heterocycles. The summed E-state index contributed by atoms with van der Waals surface area (Å²) in [5, 5.41) is 0. The summed E-state index contributed by atoms with van der Waals surface area (Å²) in [6.07, 6.45) is 1.41. The van der Waals surface area contributed by atoms with Gasteiger partial charge in [-0.15, -0.1) is 0 Å². The molecule has 0 aromatic carbocycles. The molecule has 7 nitrogen and oxygen atoms in total. The topological polar surface area (TPSA) is 98.8 Å². The van der Waals surface area contributed by atoms with Gasteiger partial charge >= 0.3 is 11.9 Å². The molecule has 1 aliphatic rings. The van der Waals surface area contributed by atoms with Gasteiger partial charge in [-0.3, -0.25) is 14.4 Å². The number of carbonyl (C=O) groups excluding carboxylic acids is 4. The van der Waals surface area contributed by atoms with E-state index in [1.165, 1.54) is 25.6 Å². The molecular weight excluding hydrogens is 310 g/mol. The van der Waals surface area contributed by atoms with E-state index in [0.717, 1.165) is 6.42 Å². The Morgan fingerprint density at radius 3 is 2.68 bits per heavy atom. The van der Waals surface area contributed by atoms with Crippen molar-refractivity contribution in [1.29, 1.82) is 0 Å². The van der Waals surface area contributed by atoms with Crippen LogP contribution in [0, 0.1) is 11.8 Å². The maximum absolute atomic E-state index is 11.8. The monoisotopic (exact) mass is 331 g/mol. The standard InChI is InChI=1S/C14H21NO6S/c1-9(16)15-21-14(19)5-6-22-8-12-11(3-4-13(12)18)7-20-10(2)17/h11-12H,3-8H2,1-2H3,(H,15,16). The highest BCUT2D eigenvalue weighted by molar-refractivity contribution is 7.99. The maximum atomic E-state index is 11.8. The first-order valence-corrected chi connectivity index (χ1v) is 8.25. The van der Waals surface area contributed by atoms with E-state index >= 15 is 0 Å². The van der Waals surface area contributed by atoms with E-state index < -0.39 is 11.9 Å². The molecule has 0 spiro atoms. The minimum absolute atomic E-state index is 0.0650. The van der Waals surface area contributed by atoms with Gasteiger partial charge in [0.15, 0.2) is 0 Å². The van der Waals surface area contributed by atoms with Crippen LogP contribution in [0.5, 0.6) is 0 Å². The van der Waals surface area contributed by atoms with Crippen LogP contribution >= 0.6 is 11.8 Å². The minimum atomic E-state index is -0.517. The molecule has 0 aromatic rings. The predicted molar refractivity (Wildman–Crippen MR) is 79.7 cm³/mol. The molecule has 1 rings (SSSR count). The summed E-state index contributed by atoms with van der Waals surface area (Å²) >= 11 is 1.48. The normalized spacial score (nSPS) is 20.5. The Morgan fingerprint density at radius 1 is 1.32 bits per heavy atom. The van der Waals surface area contributed by atoms with Crippen molar-refractivity contribution in [1.82, 2.24) is 5.48 Å². The Morgan fingerprint density at radius 2 is 2.05 bits per heavy atom. The molecule has 1 N–H and O–H groups in total. The second-order valence-corrected chi connectivity index (χ2v) is 6.28. The molecule has 0 saturated heterocycles. The summed E-state index contributed by atoms with van der Waals surface area (Å²) in [6.45, 7) is 2.87. The Hall–Kier alpha value is -1.57. The van der Waals surface area contributed by atoms with Crippen molar-refractivity contribution < 1.29 is 28.8 Å². The van der Waals surface area contributed by atoms with Crippen molar-refractivity contribution in [2.75, 3.05) is 18.1 Å². The zero-order valence-corrected chi connectivity index (χ0v) is 13.6. The summed E-state index contributed by atoms with van der Waals surface area (Å²) in [6, 6.07) is 0. The third-order valence-electron chi connectivity index (χ3n) is 3.30. The van der Waals surface area contributed by atoms with E-state index in [-0.39, 0.29) is 36.6 Å². The van der Waals surface area contributed by atoms with Crippen LogP contribution in [0.15, 0.2) is 0 Å². The molecule has 8 heteroatoms. The van der Waals surface area contributed by atoms with Gasteiger partial charge in [0.25, 0.3) is 0 Å². The lowest BCUT2D eigenvalue weighted by atomic mass is 9.98. The molecule has 0 radical (unpaired) electrons. The van der Waals surface area contributed by atoms with Crippen molar-refractivity contribution in [3.8, 4) is 0 Å². The van der Waals surface area contributed by atoms with Crippen LogP contribution < -0.4 is 5.48 Å². The fourth-order valence-corrected chi connectivity index (χ4v) is 3.37. The third-order valence-corrected chi connectivity index (χ3v) is 4.39. The number of hydroxylamine groups is 1. The number of ketones is 1. The quantitative estimate of drug-likeness (QED) is 0.420. The van der Waals surface area contributed by atoms with Crippen molar-refractivity contribution >= 4 is 35.4 Å². The lowest BCUT2D eigenvalue weighted by Gasteiger charge is -2.17. The van der Waals surface area contributed by atoms with Gasteiger partial charge in [-0.2, -0.15) is 17.2 Å². The molecule has 2 atom stereocenters. The van der Waals surface area contributed by atoms with Crippen LogP contribution in [0.2, 0.25) is 0 Å². The van der Waals surface area contributed by atoms with Gasteiger partial charge in [0.1, 0.15) is 5.78 Å². The largest absolute Gasteiger partial charge is 0.466 e. The number of hydrogen-bond donors (Lipinski definition) is 1. The van der Waals surface area contributed by atoms with Gasteiger partial charge in [0.2, 0.25) is 5.91 Å². The van der Waals surface area contributed by atoms with Gasteiger partial charge in [0.05, 0.1) is 13.0 Å². The van der Waals surface area contributed by atoms with Crippen molar-refractivity contribution in [3.05, 3.63) is 0 Å². The lowest BCUT2D eigenvalue weighted by molar-refractivity contribution is -0.157.